The van der Waals surface area contributed by atoms with Crippen molar-refractivity contribution in [2.45, 2.75) is 38.5 Å². The normalized spacial score (nSPS) is 15.4. The summed E-state index contributed by atoms with van der Waals surface area (Å²) in [6.07, 6.45) is 7.66. The molecular weight excluding hydrogens is 363 g/mol. The van der Waals surface area contributed by atoms with Crippen molar-refractivity contribution in [2.24, 2.45) is 5.92 Å². The number of amides is 1. The van der Waals surface area contributed by atoms with Crippen LogP contribution in [0.1, 0.15) is 49.0 Å². The molecule has 0 unspecified atom stereocenters. The summed E-state index contributed by atoms with van der Waals surface area (Å²) in [5, 5.41) is 6.42. The number of halogens is 2. The number of hydrogen-bond acceptors (Lipinski definition) is 3. The van der Waals surface area contributed by atoms with E-state index < -0.39 is 0 Å². The van der Waals surface area contributed by atoms with Crippen molar-refractivity contribution < 1.29 is 4.79 Å². The third kappa shape index (κ3) is 4.29. The Morgan fingerprint density at radius 2 is 2.04 bits per heavy atom. The predicted molar refractivity (Wildman–Crippen MR) is 101 cm³/mol. The highest BCUT2D eigenvalue weighted by molar-refractivity contribution is 7.13. The standard InChI is InChI=1S/C18H20Cl2N2OS/c19-14-8-4-7-13(16(14)20)18-22-15(11-24-18)17(23)21-10-9-12-5-2-1-3-6-12/h4,7-8,11-12H,1-3,5-6,9-10H2,(H,21,23). The lowest BCUT2D eigenvalue weighted by molar-refractivity contribution is 0.0946. The lowest BCUT2D eigenvalue weighted by atomic mass is 9.87. The van der Waals surface area contributed by atoms with Gasteiger partial charge in [0.15, 0.2) is 0 Å². The molecule has 128 valence electrons. The molecule has 1 N–H and O–H groups in total. The summed E-state index contributed by atoms with van der Waals surface area (Å²) in [4.78, 5) is 16.7. The first-order valence-corrected chi connectivity index (χ1v) is 9.97. The van der Waals surface area contributed by atoms with Crippen molar-refractivity contribution >= 4 is 40.4 Å². The van der Waals surface area contributed by atoms with Gasteiger partial charge in [-0.2, -0.15) is 0 Å². The van der Waals surface area contributed by atoms with Crippen LogP contribution in [0.5, 0.6) is 0 Å². The van der Waals surface area contributed by atoms with Gasteiger partial charge in [-0.05, 0) is 18.4 Å². The van der Waals surface area contributed by atoms with E-state index in [1.807, 2.05) is 12.1 Å². The van der Waals surface area contributed by atoms with Gasteiger partial charge in [0.2, 0.25) is 0 Å². The molecule has 1 aromatic carbocycles. The average Bonchev–Trinajstić information content (AvgIpc) is 3.08. The molecule has 0 aliphatic heterocycles. The summed E-state index contributed by atoms with van der Waals surface area (Å²) in [5.41, 5.74) is 1.20. The fourth-order valence-corrected chi connectivity index (χ4v) is 4.40. The largest absolute Gasteiger partial charge is 0.351 e. The van der Waals surface area contributed by atoms with Crippen LogP contribution in [-0.4, -0.2) is 17.4 Å². The fraction of sp³-hybridized carbons (Fsp3) is 0.444. The molecular formula is C18H20Cl2N2OS. The van der Waals surface area contributed by atoms with Gasteiger partial charge < -0.3 is 5.32 Å². The highest BCUT2D eigenvalue weighted by Gasteiger charge is 2.16. The molecule has 6 heteroatoms. The fourth-order valence-electron chi connectivity index (χ4n) is 3.13. The van der Waals surface area contributed by atoms with E-state index >= 15 is 0 Å². The van der Waals surface area contributed by atoms with Gasteiger partial charge in [-0.25, -0.2) is 4.98 Å². The zero-order chi connectivity index (χ0) is 16.9. The van der Waals surface area contributed by atoms with Crippen molar-refractivity contribution in [1.82, 2.24) is 10.3 Å². The molecule has 0 spiro atoms. The van der Waals surface area contributed by atoms with E-state index in [0.717, 1.165) is 17.9 Å². The molecule has 3 rings (SSSR count). The number of hydrogen-bond donors (Lipinski definition) is 1. The van der Waals surface area contributed by atoms with Gasteiger partial charge in [-0.3, -0.25) is 4.79 Å². The molecule has 1 saturated carbocycles. The van der Waals surface area contributed by atoms with Gasteiger partial charge in [0.05, 0.1) is 10.0 Å². The Labute approximate surface area is 156 Å². The van der Waals surface area contributed by atoms with Crippen LogP contribution in [0.15, 0.2) is 23.6 Å². The molecule has 0 saturated heterocycles. The van der Waals surface area contributed by atoms with Gasteiger partial charge in [-0.15, -0.1) is 11.3 Å². The molecule has 0 bridgehead atoms. The number of nitrogens with one attached hydrogen (secondary N) is 1. The average molecular weight is 383 g/mol. The Hall–Kier alpha value is -1.10. The van der Waals surface area contributed by atoms with Crippen LogP contribution in [0.4, 0.5) is 0 Å². The van der Waals surface area contributed by atoms with Crippen LogP contribution in [0.25, 0.3) is 10.6 Å². The minimum Gasteiger partial charge on any atom is -0.351 e. The highest BCUT2D eigenvalue weighted by atomic mass is 35.5. The molecule has 1 aliphatic carbocycles. The van der Waals surface area contributed by atoms with Crippen LogP contribution in [-0.2, 0) is 0 Å². The number of carbonyl (C=O) groups excluding carboxylic acids is 1. The molecule has 1 fully saturated rings. The minimum absolute atomic E-state index is 0.119. The van der Waals surface area contributed by atoms with Crippen molar-refractivity contribution in [3.05, 3.63) is 39.3 Å². The summed E-state index contributed by atoms with van der Waals surface area (Å²) in [6.45, 7) is 0.717. The first-order chi connectivity index (χ1) is 11.6. The first kappa shape index (κ1) is 17.7. The Morgan fingerprint density at radius 3 is 2.83 bits per heavy atom. The van der Waals surface area contributed by atoms with Crippen LogP contribution in [0.2, 0.25) is 10.0 Å². The lowest BCUT2D eigenvalue weighted by Gasteiger charge is -2.21. The highest BCUT2D eigenvalue weighted by Crippen LogP contribution is 2.35. The van der Waals surface area contributed by atoms with Gasteiger partial charge in [-0.1, -0.05) is 67.4 Å². The van der Waals surface area contributed by atoms with E-state index in [9.17, 15) is 4.79 Å². The minimum atomic E-state index is -0.119. The number of benzene rings is 1. The smallest absolute Gasteiger partial charge is 0.270 e. The Balaban J connectivity index is 1.58. The second kappa shape index (κ2) is 8.32. The zero-order valence-electron chi connectivity index (χ0n) is 13.4. The van der Waals surface area contributed by atoms with E-state index in [1.165, 1.54) is 43.4 Å². The quantitative estimate of drug-likeness (QED) is 0.707. The summed E-state index contributed by atoms with van der Waals surface area (Å²) in [6, 6.07) is 5.42. The maximum atomic E-state index is 12.3. The summed E-state index contributed by atoms with van der Waals surface area (Å²) in [5.74, 6) is 0.641. The van der Waals surface area contributed by atoms with Gasteiger partial charge in [0.25, 0.3) is 5.91 Å². The van der Waals surface area contributed by atoms with E-state index in [1.54, 1.807) is 11.4 Å². The second-order valence-electron chi connectivity index (χ2n) is 6.19. The van der Waals surface area contributed by atoms with Crippen LogP contribution < -0.4 is 5.32 Å². The van der Waals surface area contributed by atoms with E-state index in [-0.39, 0.29) is 5.91 Å². The van der Waals surface area contributed by atoms with Gasteiger partial charge in [0, 0.05) is 17.5 Å². The molecule has 0 atom stereocenters. The van der Waals surface area contributed by atoms with Gasteiger partial charge in [0.1, 0.15) is 10.7 Å². The number of thiazole rings is 1. The molecule has 3 nitrogen and oxygen atoms in total. The van der Waals surface area contributed by atoms with Crippen molar-refractivity contribution in [3.8, 4) is 10.6 Å². The van der Waals surface area contributed by atoms with E-state index in [2.05, 4.69) is 10.3 Å². The molecule has 24 heavy (non-hydrogen) atoms. The molecule has 2 aromatic rings. The van der Waals surface area contributed by atoms with Crippen molar-refractivity contribution in [3.63, 3.8) is 0 Å². The third-order valence-corrected chi connectivity index (χ3v) is 6.18. The summed E-state index contributed by atoms with van der Waals surface area (Å²) < 4.78 is 0. The first-order valence-electron chi connectivity index (χ1n) is 8.33. The van der Waals surface area contributed by atoms with Gasteiger partial charge >= 0.3 is 0 Å². The number of carbonyl (C=O) groups is 1. The Morgan fingerprint density at radius 1 is 1.25 bits per heavy atom. The van der Waals surface area contributed by atoms with Crippen LogP contribution >= 0.6 is 34.5 Å². The number of rotatable bonds is 5. The second-order valence-corrected chi connectivity index (χ2v) is 7.83. The van der Waals surface area contributed by atoms with Crippen LogP contribution in [0, 0.1) is 5.92 Å². The number of aromatic nitrogens is 1. The molecule has 1 aromatic heterocycles. The monoisotopic (exact) mass is 382 g/mol. The van der Waals surface area contributed by atoms with Crippen molar-refractivity contribution in [2.75, 3.05) is 6.54 Å². The molecule has 1 aliphatic rings. The van der Waals surface area contributed by atoms with E-state index in [4.69, 9.17) is 23.2 Å². The number of nitrogens with zero attached hydrogens (tertiary/aromatic N) is 1. The maximum Gasteiger partial charge on any atom is 0.270 e. The van der Waals surface area contributed by atoms with Crippen molar-refractivity contribution in [1.29, 1.82) is 0 Å². The SMILES string of the molecule is O=C(NCCC1CCCCC1)c1csc(-c2cccc(Cl)c2Cl)n1. The van der Waals surface area contributed by atoms with E-state index in [0.29, 0.717) is 27.3 Å². The summed E-state index contributed by atoms with van der Waals surface area (Å²) in [7, 11) is 0. The molecule has 1 heterocycles. The summed E-state index contributed by atoms with van der Waals surface area (Å²) >= 11 is 13.7. The zero-order valence-corrected chi connectivity index (χ0v) is 15.7. The topological polar surface area (TPSA) is 42.0 Å². The maximum absolute atomic E-state index is 12.3. The molecule has 1 amide bonds. The lowest BCUT2D eigenvalue weighted by Crippen LogP contribution is -2.26. The van der Waals surface area contributed by atoms with Crippen LogP contribution in [0.3, 0.4) is 0 Å². The third-order valence-electron chi connectivity index (χ3n) is 4.48. The predicted octanol–water partition coefficient (Wildman–Crippen LogP) is 5.82. The Bertz CT molecular complexity index is 711. The molecule has 0 radical (unpaired) electrons. The Kier molecular flexibility index (Phi) is 6.14.